The van der Waals surface area contributed by atoms with Gasteiger partial charge in [0.2, 0.25) is 0 Å². The monoisotopic (exact) mass is 352 g/mol. The van der Waals surface area contributed by atoms with Gasteiger partial charge in [-0.2, -0.15) is 20.8 Å². The van der Waals surface area contributed by atoms with Gasteiger partial charge in [-0.15, -0.1) is 0 Å². The zero-order valence-electron chi connectivity index (χ0n) is 12.6. The average Bonchev–Trinajstić information content (AvgIpc) is 2.34. The second kappa shape index (κ2) is 17.1. The SMILES string of the molecule is CC(C)(C)c1ccncc1.C[C-](C)C.[CH-]=O.[CH-]=O.[Ru+3]. The molecule has 19 heavy (non-hydrogen) atoms. The summed E-state index contributed by atoms with van der Waals surface area (Å²) in [7, 11) is 0. The molecule has 109 valence electrons. The maximum absolute atomic E-state index is 7.75. The summed E-state index contributed by atoms with van der Waals surface area (Å²) in [5.74, 6) is 1.42. The van der Waals surface area contributed by atoms with Crippen LogP contribution in [0.4, 0.5) is 0 Å². The summed E-state index contributed by atoms with van der Waals surface area (Å²) in [6, 6.07) is 4.11. The summed E-state index contributed by atoms with van der Waals surface area (Å²) >= 11 is 0. The Hall–Kier alpha value is -0.887. The molecule has 1 rings (SSSR count). The first-order chi connectivity index (χ1) is 8.34. The molecular weight excluding hydrogens is 327 g/mol. The molecule has 0 atom stereocenters. The first-order valence-corrected chi connectivity index (χ1v) is 5.48. The van der Waals surface area contributed by atoms with Gasteiger partial charge in [-0.25, -0.2) is 0 Å². The van der Waals surface area contributed by atoms with Gasteiger partial charge in [0.05, 0.1) is 0 Å². The molecule has 0 N–H and O–H groups in total. The minimum Gasteiger partial charge on any atom is -0.545 e. The van der Waals surface area contributed by atoms with Crippen molar-refractivity contribution in [1.29, 1.82) is 0 Å². The van der Waals surface area contributed by atoms with Crippen molar-refractivity contribution in [2.45, 2.75) is 47.0 Å². The van der Waals surface area contributed by atoms with E-state index in [9.17, 15) is 0 Å². The van der Waals surface area contributed by atoms with Gasteiger partial charge in [0.25, 0.3) is 0 Å². The number of rotatable bonds is 0. The van der Waals surface area contributed by atoms with Gasteiger partial charge in [0.15, 0.2) is 0 Å². The van der Waals surface area contributed by atoms with E-state index in [-0.39, 0.29) is 24.9 Å². The van der Waals surface area contributed by atoms with Crippen LogP contribution in [0.5, 0.6) is 0 Å². The molecule has 0 aliphatic rings. The summed E-state index contributed by atoms with van der Waals surface area (Å²) in [4.78, 5) is 19.5. The summed E-state index contributed by atoms with van der Waals surface area (Å²) in [6.45, 7) is 19.3. The standard InChI is InChI=1S/C9H13N.C4H9.2CHO.Ru/c1-9(2,3)8-4-6-10-7-5-8;1-4(2)3;2*1-2;/h4-7H,1-3H3;1-3H3;2*1H;/q;3*-1;+3. The van der Waals surface area contributed by atoms with E-state index < -0.39 is 0 Å². The van der Waals surface area contributed by atoms with Crippen molar-refractivity contribution >= 4 is 13.6 Å². The molecule has 0 saturated carbocycles. The van der Waals surface area contributed by atoms with Crippen molar-refractivity contribution in [1.82, 2.24) is 4.98 Å². The topological polar surface area (TPSA) is 47.0 Å². The molecule has 1 aromatic rings. The van der Waals surface area contributed by atoms with E-state index in [1.807, 2.05) is 12.4 Å². The molecular formula is C15H24NO2Ru. The molecule has 0 unspecified atom stereocenters. The van der Waals surface area contributed by atoms with Gasteiger partial charge >= 0.3 is 19.5 Å². The maximum Gasteiger partial charge on any atom is 3.00 e. The van der Waals surface area contributed by atoms with Crippen LogP contribution in [-0.2, 0) is 34.5 Å². The van der Waals surface area contributed by atoms with E-state index >= 15 is 0 Å². The molecule has 0 bridgehead atoms. The van der Waals surface area contributed by atoms with Crippen molar-refractivity contribution in [3.8, 4) is 0 Å². The van der Waals surface area contributed by atoms with E-state index in [1.54, 1.807) is 0 Å². The van der Waals surface area contributed by atoms with Crippen molar-refractivity contribution < 1.29 is 29.1 Å². The fourth-order valence-electron chi connectivity index (χ4n) is 0.852. The van der Waals surface area contributed by atoms with Crippen molar-refractivity contribution in [2.75, 3.05) is 0 Å². The third-order valence-corrected chi connectivity index (χ3v) is 1.55. The number of nitrogens with zero attached hydrogens (tertiary/aromatic N) is 1. The van der Waals surface area contributed by atoms with Crippen molar-refractivity contribution in [2.24, 2.45) is 0 Å². The third-order valence-electron chi connectivity index (χ3n) is 1.55. The quantitative estimate of drug-likeness (QED) is 0.409. The van der Waals surface area contributed by atoms with E-state index in [0.717, 1.165) is 0 Å². The smallest absolute Gasteiger partial charge is 0.545 e. The molecule has 0 fully saturated rings. The van der Waals surface area contributed by atoms with Crippen LogP contribution in [0.3, 0.4) is 0 Å². The van der Waals surface area contributed by atoms with E-state index in [0.29, 0.717) is 0 Å². The van der Waals surface area contributed by atoms with E-state index in [1.165, 1.54) is 11.5 Å². The van der Waals surface area contributed by atoms with Crippen LogP contribution in [0, 0.1) is 5.92 Å². The Morgan fingerprint density at radius 2 is 1.21 bits per heavy atom. The van der Waals surface area contributed by atoms with Crippen molar-refractivity contribution in [3.05, 3.63) is 36.0 Å². The Balaban J connectivity index is -0.000000107. The molecule has 1 radical (unpaired) electrons. The molecule has 1 aromatic heterocycles. The number of hydrogen-bond acceptors (Lipinski definition) is 3. The van der Waals surface area contributed by atoms with Crippen LogP contribution >= 0.6 is 0 Å². The van der Waals surface area contributed by atoms with E-state index in [4.69, 9.17) is 9.59 Å². The van der Waals surface area contributed by atoms with Crippen LogP contribution in [0.15, 0.2) is 24.5 Å². The normalized spacial score (nSPS) is 8.37. The van der Waals surface area contributed by atoms with Gasteiger partial charge < -0.3 is 15.5 Å². The van der Waals surface area contributed by atoms with Gasteiger partial charge in [-0.1, -0.05) is 20.8 Å². The third kappa shape index (κ3) is 22.7. The molecule has 0 saturated heterocycles. The molecule has 4 heteroatoms. The van der Waals surface area contributed by atoms with Gasteiger partial charge in [-0.05, 0) is 23.1 Å². The summed E-state index contributed by atoms with van der Waals surface area (Å²) in [6.07, 6.45) is 3.67. The minimum atomic E-state index is 0. The molecule has 0 aromatic carbocycles. The van der Waals surface area contributed by atoms with Gasteiger partial charge in [0.1, 0.15) is 0 Å². The zero-order valence-corrected chi connectivity index (χ0v) is 14.3. The Morgan fingerprint density at radius 3 is 1.37 bits per heavy atom. The predicted octanol–water partition coefficient (Wildman–Crippen LogP) is 3.45. The first kappa shape index (κ1) is 26.6. The second-order valence-corrected chi connectivity index (χ2v) is 4.99. The van der Waals surface area contributed by atoms with E-state index in [2.05, 4.69) is 72.2 Å². The molecule has 0 aliphatic carbocycles. The van der Waals surface area contributed by atoms with Crippen LogP contribution in [0.2, 0.25) is 0 Å². The van der Waals surface area contributed by atoms with Crippen LogP contribution < -0.4 is 0 Å². The molecule has 0 aliphatic heterocycles. The number of hydrogen-bond donors (Lipinski definition) is 0. The fraction of sp³-hybridized carbons (Fsp3) is 0.467. The number of carbonyl (C=O) groups excluding carboxylic acids is 2. The molecule has 3 nitrogen and oxygen atoms in total. The fourth-order valence-corrected chi connectivity index (χ4v) is 0.852. The maximum atomic E-state index is 7.75. The zero-order chi connectivity index (χ0) is 15.2. The number of pyridine rings is 1. The molecule has 0 spiro atoms. The Morgan fingerprint density at radius 1 is 0.947 bits per heavy atom. The Labute approximate surface area is 131 Å². The van der Waals surface area contributed by atoms with Crippen LogP contribution in [-0.4, -0.2) is 18.6 Å². The predicted molar refractivity (Wildman–Crippen MR) is 76.7 cm³/mol. The average molecular weight is 351 g/mol. The Kier molecular flexibility index (Phi) is 24.0. The molecule has 0 amide bonds. The van der Waals surface area contributed by atoms with Crippen molar-refractivity contribution in [3.63, 3.8) is 0 Å². The van der Waals surface area contributed by atoms with Crippen LogP contribution in [0.1, 0.15) is 47.1 Å². The summed E-state index contributed by atoms with van der Waals surface area (Å²) in [5, 5.41) is 0. The summed E-state index contributed by atoms with van der Waals surface area (Å²) < 4.78 is 0. The Bertz CT molecular complexity index is 266. The second-order valence-electron chi connectivity index (χ2n) is 4.99. The summed E-state index contributed by atoms with van der Waals surface area (Å²) in [5.41, 5.74) is 1.59. The largest absolute Gasteiger partial charge is 3.00 e. The van der Waals surface area contributed by atoms with Gasteiger partial charge in [-0.3, -0.25) is 18.6 Å². The van der Waals surface area contributed by atoms with Crippen LogP contribution in [0.25, 0.3) is 0 Å². The first-order valence-electron chi connectivity index (χ1n) is 5.48. The number of aromatic nitrogens is 1. The minimum absolute atomic E-state index is 0. The van der Waals surface area contributed by atoms with Gasteiger partial charge in [0, 0.05) is 12.4 Å². The molecule has 1 heterocycles.